The topological polar surface area (TPSA) is 66.1 Å². The van der Waals surface area contributed by atoms with Gasteiger partial charge in [0.05, 0.1) is 6.33 Å². The van der Waals surface area contributed by atoms with Crippen LogP contribution >= 0.6 is 0 Å². The molecule has 2 rings (SSSR count). The van der Waals surface area contributed by atoms with Gasteiger partial charge in [0.1, 0.15) is 12.1 Å². The number of nitrogens with zero attached hydrogens (tertiary/aromatic N) is 2. The molecular formula is C10H13N3O2. The Hall–Kier alpha value is -1.65. The molecule has 1 aromatic heterocycles. The van der Waals surface area contributed by atoms with Crippen LogP contribution in [0.3, 0.4) is 0 Å². The van der Waals surface area contributed by atoms with Gasteiger partial charge in [0.25, 0.3) is 5.56 Å². The number of aromatic amines is 1. The molecule has 1 N–H and O–H groups in total. The summed E-state index contributed by atoms with van der Waals surface area (Å²) in [6, 6.07) is 1.49. The van der Waals surface area contributed by atoms with Crippen LogP contribution in [-0.4, -0.2) is 29.3 Å². The SMILES string of the molecule is O=CC1CCN(c2cc(=O)[nH]cn2)CC1. The summed E-state index contributed by atoms with van der Waals surface area (Å²) in [5.74, 6) is 0.867. The number of carbonyl (C=O) groups is 1. The Morgan fingerprint density at radius 2 is 2.20 bits per heavy atom. The highest BCUT2D eigenvalue weighted by molar-refractivity contribution is 5.54. The first-order valence-corrected chi connectivity index (χ1v) is 5.04. The minimum Gasteiger partial charge on any atom is -0.356 e. The van der Waals surface area contributed by atoms with Crippen LogP contribution in [0.1, 0.15) is 12.8 Å². The molecule has 1 aliphatic heterocycles. The van der Waals surface area contributed by atoms with Gasteiger partial charge in [-0.1, -0.05) is 0 Å². The van der Waals surface area contributed by atoms with E-state index in [1.807, 2.05) is 4.90 Å². The third-order valence-corrected chi connectivity index (χ3v) is 2.72. The number of hydrogen-bond acceptors (Lipinski definition) is 4. The first-order chi connectivity index (χ1) is 7.29. The van der Waals surface area contributed by atoms with Crippen molar-refractivity contribution in [3.8, 4) is 0 Å². The lowest BCUT2D eigenvalue weighted by Gasteiger charge is -2.30. The molecule has 0 unspecified atom stereocenters. The molecule has 1 saturated heterocycles. The second-order valence-corrected chi connectivity index (χ2v) is 3.73. The molecule has 1 fully saturated rings. The predicted octanol–water partition coefficient (Wildman–Crippen LogP) is 0.185. The van der Waals surface area contributed by atoms with Gasteiger partial charge in [-0.15, -0.1) is 0 Å². The number of piperidine rings is 1. The maximum atomic E-state index is 11.1. The van der Waals surface area contributed by atoms with E-state index in [2.05, 4.69) is 9.97 Å². The third kappa shape index (κ3) is 2.23. The van der Waals surface area contributed by atoms with E-state index in [-0.39, 0.29) is 11.5 Å². The van der Waals surface area contributed by atoms with Crippen LogP contribution < -0.4 is 10.5 Å². The Balaban J connectivity index is 2.07. The maximum absolute atomic E-state index is 11.1. The molecule has 0 atom stereocenters. The number of carbonyl (C=O) groups excluding carboxylic acids is 1. The number of hydrogen-bond donors (Lipinski definition) is 1. The van der Waals surface area contributed by atoms with E-state index in [4.69, 9.17) is 0 Å². The van der Waals surface area contributed by atoms with Crippen molar-refractivity contribution in [2.24, 2.45) is 5.92 Å². The van der Waals surface area contributed by atoms with Gasteiger partial charge in [0, 0.05) is 25.1 Å². The number of rotatable bonds is 2. The van der Waals surface area contributed by atoms with Gasteiger partial charge >= 0.3 is 0 Å². The molecule has 0 saturated carbocycles. The van der Waals surface area contributed by atoms with Gasteiger partial charge in [-0.25, -0.2) is 4.98 Å². The van der Waals surface area contributed by atoms with Crippen molar-refractivity contribution in [3.63, 3.8) is 0 Å². The summed E-state index contributed by atoms with van der Waals surface area (Å²) in [6.45, 7) is 1.58. The number of nitrogens with one attached hydrogen (secondary N) is 1. The van der Waals surface area contributed by atoms with Crippen molar-refractivity contribution in [1.29, 1.82) is 0 Å². The van der Waals surface area contributed by atoms with Crippen molar-refractivity contribution in [3.05, 3.63) is 22.7 Å². The van der Waals surface area contributed by atoms with Crippen LogP contribution in [0.4, 0.5) is 5.82 Å². The van der Waals surface area contributed by atoms with E-state index in [1.54, 1.807) is 0 Å². The van der Waals surface area contributed by atoms with E-state index in [0.717, 1.165) is 32.2 Å². The Kier molecular flexibility index (Phi) is 2.80. The molecule has 2 heterocycles. The molecule has 0 radical (unpaired) electrons. The number of aromatic nitrogens is 2. The molecule has 1 aromatic rings. The summed E-state index contributed by atoms with van der Waals surface area (Å²) >= 11 is 0. The molecule has 0 spiro atoms. The maximum Gasteiger partial charge on any atom is 0.252 e. The van der Waals surface area contributed by atoms with Gasteiger partial charge in [-0.05, 0) is 12.8 Å². The quantitative estimate of drug-likeness (QED) is 0.703. The number of aldehydes is 1. The van der Waals surface area contributed by atoms with Gasteiger partial charge < -0.3 is 14.7 Å². The zero-order valence-corrected chi connectivity index (χ0v) is 8.35. The lowest BCUT2D eigenvalue weighted by atomic mass is 9.99. The standard InChI is InChI=1S/C10H13N3O2/c14-6-8-1-3-13(4-2-8)9-5-10(15)12-7-11-9/h5-8H,1-4H2,(H,11,12,15). The molecule has 0 aliphatic carbocycles. The lowest BCUT2D eigenvalue weighted by Crippen LogP contribution is -2.35. The summed E-state index contributed by atoms with van der Waals surface area (Å²) in [7, 11) is 0. The normalized spacial score (nSPS) is 17.7. The van der Waals surface area contributed by atoms with Crippen molar-refractivity contribution in [2.75, 3.05) is 18.0 Å². The fraction of sp³-hybridized carbons (Fsp3) is 0.500. The van der Waals surface area contributed by atoms with Gasteiger partial charge in [0.15, 0.2) is 0 Å². The average Bonchev–Trinajstić information content (AvgIpc) is 2.29. The van der Waals surface area contributed by atoms with E-state index in [9.17, 15) is 9.59 Å². The minimum atomic E-state index is -0.141. The van der Waals surface area contributed by atoms with Crippen molar-refractivity contribution < 1.29 is 4.79 Å². The highest BCUT2D eigenvalue weighted by Crippen LogP contribution is 2.18. The molecule has 0 aromatic carbocycles. The highest BCUT2D eigenvalue weighted by Gasteiger charge is 2.19. The Bertz CT molecular complexity index is 394. The van der Waals surface area contributed by atoms with Crippen LogP contribution in [0.2, 0.25) is 0 Å². The molecule has 80 valence electrons. The average molecular weight is 207 g/mol. The fourth-order valence-corrected chi connectivity index (χ4v) is 1.80. The van der Waals surface area contributed by atoms with Gasteiger partial charge in [-0.2, -0.15) is 0 Å². The highest BCUT2D eigenvalue weighted by atomic mass is 16.1. The summed E-state index contributed by atoms with van der Waals surface area (Å²) in [6.07, 6.45) is 4.11. The van der Waals surface area contributed by atoms with Crippen LogP contribution in [0.5, 0.6) is 0 Å². The van der Waals surface area contributed by atoms with Crippen LogP contribution in [-0.2, 0) is 4.79 Å². The largest absolute Gasteiger partial charge is 0.356 e. The first kappa shape index (κ1) is 9.89. The fourth-order valence-electron chi connectivity index (χ4n) is 1.80. The first-order valence-electron chi connectivity index (χ1n) is 5.04. The molecule has 5 nitrogen and oxygen atoms in total. The predicted molar refractivity (Wildman–Crippen MR) is 55.9 cm³/mol. The smallest absolute Gasteiger partial charge is 0.252 e. The minimum absolute atomic E-state index is 0.141. The van der Waals surface area contributed by atoms with E-state index < -0.39 is 0 Å². The second kappa shape index (κ2) is 4.25. The van der Waals surface area contributed by atoms with E-state index >= 15 is 0 Å². The number of anilines is 1. The van der Waals surface area contributed by atoms with E-state index in [1.165, 1.54) is 12.4 Å². The Morgan fingerprint density at radius 1 is 1.47 bits per heavy atom. The molecule has 0 amide bonds. The Labute approximate surface area is 87.1 Å². The molecule has 0 bridgehead atoms. The summed E-state index contributed by atoms with van der Waals surface area (Å²) in [5, 5.41) is 0. The van der Waals surface area contributed by atoms with Crippen LogP contribution in [0, 0.1) is 5.92 Å². The summed E-state index contributed by atoms with van der Waals surface area (Å²) in [5.41, 5.74) is -0.141. The lowest BCUT2D eigenvalue weighted by molar-refractivity contribution is -0.111. The van der Waals surface area contributed by atoms with Gasteiger partial charge in [-0.3, -0.25) is 4.79 Å². The molecule has 1 aliphatic rings. The molecule has 15 heavy (non-hydrogen) atoms. The zero-order valence-electron chi connectivity index (χ0n) is 8.35. The Morgan fingerprint density at radius 3 is 2.80 bits per heavy atom. The third-order valence-electron chi connectivity index (χ3n) is 2.72. The van der Waals surface area contributed by atoms with E-state index in [0.29, 0.717) is 5.82 Å². The second-order valence-electron chi connectivity index (χ2n) is 3.73. The summed E-state index contributed by atoms with van der Waals surface area (Å²) in [4.78, 5) is 30.3. The molecule has 5 heteroatoms. The van der Waals surface area contributed by atoms with Crippen molar-refractivity contribution >= 4 is 12.1 Å². The van der Waals surface area contributed by atoms with Crippen LogP contribution in [0.15, 0.2) is 17.2 Å². The zero-order chi connectivity index (χ0) is 10.7. The van der Waals surface area contributed by atoms with Crippen molar-refractivity contribution in [1.82, 2.24) is 9.97 Å². The monoisotopic (exact) mass is 207 g/mol. The molecular weight excluding hydrogens is 194 g/mol. The van der Waals surface area contributed by atoms with Gasteiger partial charge in [0.2, 0.25) is 0 Å². The summed E-state index contributed by atoms with van der Waals surface area (Å²) < 4.78 is 0. The number of H-pyrrole nitrogens is 1. The van der Waals surface area contributed by atoms with Crippen molar-refractivity contribution in [2.45, 2.75) is 12.8 Å². The van der Waals surface area contributed by atoms with Crippen LogP contribution in [0.25, 0.3) is 0 Å².